The van der Waals surface area contributed by atoms with Crippen LogP contribution in [0, 0.1) is 12.7 Å². The van der Waals surface area contributed by atoms with Crippen LogP contribution < -0.4 is 4.74 Å². The van der Waals surface area contributed by atoms with E-state index in [9.17, 15) is 4.39 Å². The highest BCUT2D eigenvalue weighted by Gasteiger charge is 2.02. The molecule has 4 heteroatoms. The molecule has 0 N–H and O–H groups in total. The molecule has 0 aromatic carbocycles. The Kier molecular flexibility index (Phi) is 1.80. The number of ether oxygens (including phenoxy) is 1. The summed E-state index contributed by atoms with van der Waals surface area (Å²) in [5.41, 5.74) is 0.540. The fourth-order valence-corrected chi connectivity index (χ4v) is 0.584. The molecule has 0 saturated carbocycles. The molecule has 0 aliphatic rings. The molecule has 10 heavy (non-hydrogen) atoms. The summed E-state index contributed by atoms with van der Waals surface area (Å²) < 4.78 is 17.2. The van der Waals surface area contributed by atoms with Crippen molar-refractivity contribution >= 4 is 0 Å². The van der Waals surface area contributed by atoms with E-state index in [0.29, 0.717) is 5.69 Å². The van der Waals surface area contributed by atoms with E-state index < -0.39 is 5.82 Å². The molecule has 0 fully saturated rings. The minimum Gasteiger partial charge on any atom is -0.478 e. The number of aromatic nitrogens is 2. The van der Waals surface area contributed by atoms with Gasteiger partial charge in [-0.05, 0) is 6.92 Å². The van der Waals surface area contributed by atoms with Gasteiger partial charge in [-0.15, -0.1) is 5.10 Å². The van der Waals surface area contributed by atoms with Crippen LogP contribution in [0.15, 0.2) is 6.07 Å². The smallest absolute Gasteiger partial charge is 0.269 e. The van der Waals surface area contributed by atoms with Gasteiger partial charge in [-0.3, -0.25) is 0 Å². The third-order valence-corrected chi connectivity index (χ3v) is 1.03. The lowest BCUT2D eigenvalue weighted by atomic mass is 10.4. The monoisotopic (exact) mass is 142 g/mol. The average Bonchev–Trinajstić information content (AvgIpc) is 1.88. The maximum absolute atomic E-state index is 12.6. The van der Waals surface area contributed by atoms with Gasteiger partial charge < -0.3 is 4.74 Å². The standard InChI is InChI=1S/C6H7FN2O/c1-4-3-5(7)6(10-2)9-8-4/h3H,1-2H3. The van der Waals surface area contributed by atoms with Gasteiger partial charge in [0.15, 0.2) is 5.82 Å². The fourth-order valence-electron chi connectivity index (χ4n) is 0.584. The third kappa shape index (κ3) is 1.21. The van der Waals surface area contributed by atoms with Crippen LogP contribution in [0.25, 0.3) is 0 Å². The Hall–Kier alpha value is -1.19. The molecular formula is C6H7FN2O. The summed E-state index contributed by atoms with van der Waals surface area (Å²) in [4.78, 5) is 0. The number of aryl methyl sites for hydroxylation is 1. The number of nitrogens with zero attached hydrogens (tertiary/aromatic N) is 2. The van der Waals surface area contributed by atoms with Crippen molar-refractivity contribution in [1.82, 2.24) is 10.2 Å². The first-order valence-electron chi connectivity index (χ1n) is 2.78. The normalized spacial score (nSPS) is 9.50. The summed E-state index contributed by atoms with van der Waals surface area (Å²) in [5, 5.41) is 7.04. The number of hydrogen-bond acceptors (Lipinski definition) is 3. The highest BCUT2D eigenvalue weighted by molar-refractivity contribution is 5.13. The van der Waals surface area contributed by atoms with Gasteiger partial charge in [-0.2, -0.15) is 5.10 Å². The molecule has 0 amide bonds. The van der Waals surface area contributed by atoms with E-state index in [1.807, 2.05) is 0 Å². The Morgan fingerprint density at radius 2 is 2.20 bits per heavy atom. The van der Waals surface area contributed by atoms with Crippen molar-refractivity contribution in [3.05, 3.63) is 17.6 Å². The van der Waals surface area contributed by atoms with Crippen LogP contribution in [0.1, 0.15) is 5.69 Å². The van der Waals surface area contributed by atoms with E-state index in [2.05, 4.69) is 14.9 Å². The summed E-state index contributed by atoms with van der Waals surface area (Å²) in [5.74, 6) is -0.541. The van der Waals surface area contributed by atoms with Crippen LogP contribution in [-0.4, -0.2) is 17.3 Å². The molecule has 0 unspecified atom stereocenters. The van der Waals surface area contributed by atoms with Gasteiger partial charge in [0, 0.05) is 6.07 Å². The molecule has 0 spiro atoms. The van der Waals surface area contributed by atoms with Gasteiger partial charge in [0.2, 0.25) is 0 Å². The highest BCUT2D eigenvalue weighted by Crippen LogP contribution is 2.10. The topological polar surface area (TPSA) is 35.0 Å². The van der Waals surface area contributed by atoms with Crippen LogP contribution in [-0.2, 0) is 0 Å². The lowest BCUT2D eigenvalue weighted by Gasteiger charge is -1.97. The molecule has 1 aromatic heterocycles. The minimum absolute atomic E-state index is 0.0643. The molecular weight excluding hydrogens is 135 g/mol. The second-order valence-electron chi connectivity index (χ2n) is 1.84. The van der Waals surface area contributed by atoms with Gasteiger partial charge in [-0.1, -0.05) is 0 Å². The maximum atomic E-state index is 12.6. The quantitative estimate of drug-likeness (QED) is 0.585. The molecule has 0 radical (unpaired) electrons. The Balaban J connectivity index is 3.07. The summed E-state index contributed by atoms with van der Waals surface area (Å²) in [6.45, 7) is 1.66. The molecule has 0 aliphatic carbocycles. The van der Waals surface area contributed by atoms with Crippen LogP contribution in [0.3, 0.4) is 0 Å². The van der Waals surface area contributed by atoms with Crippen molar-refractivity contribution in [2.24, 2.45) is 0 Å². The molecule has 54 valence electrons. The molecule has 0 atom stereocenters. The predicted octanol–water partition coefficient (Wildman–Crippen LogP) is 0.933. The summed E-state index contributed by atoms with van der Waals surface area (Å²) >= 11 is 0. The Bertz CT molecular complexity index is 239. The summed E-state index contributed by atoms with van der Waals surface area (Å²) in [6.07, 6.45) is 0. The zero-order chi connectivity index (χ0) is 7.56. The van der Waals surface area contributed by atoms with Crippen molar-refractivity contribution in [2.75, 3.05) is 7.11 Å². The van der Waals surface area contributed by atoms with Crippen molar-refractivity contribution in [2.45, 2.75) is 6.92 Å². The third-order valence-electron chi connectivity index (χ3n) is 1.03. The molecule has 0 aliphatic heterocycles. The van der Waals surface area contributed by atoms with Crippen LogP contribution in [0.5, 0.6) is 5.88 Å². The van der Waals surface area contributed by atoms with E-state index in [-0.39, 0.29) is 5.88 Å². The maximum Gasteiger partial charge on any atom is 0.269 e. The van der Waals surface area contributed by atoms with Crippen molar-refractivity contribution in [3.8, 4) is 5.88 Å². The first kappa shape index (κ1) is 6.92. The molecule has 3 nitrogen and oxygen atoms in total. The Labute approximate surface area is 57.8 Å². The van der Waals surface area contributed by atoms with Gasteiger partial charge in [0.25, 0.3) is 5.88 Å². The van der Waals surface area contributed by atoms with E-state index in [1.165, 1.54) is 13.2 Å². The van der Waals surface area contributed by atoms with Gasteiger partial charge in [0.05, 0.1) is 12.8 Å². The van der Waals surface area contributed by atoms with E-state index in [1.54, 1.807) is 6.92 Å². The highest BCUT2D eigenvalue weighted by atomic mass is 19.1. The second kappa shape index (κ2) is 2.60. The Morgan fingerprint density at radius 3 is 2.70 bits per heavy atom. The molecule has 1 rings (SSSR count). The van der Waals surface area contributed by atoms with Gasteiger partial charge in [0.1, 0.15) is 0 Å². The lowest BCUT2D eigenvalue weighted by Crippen LogP contribution is -1.95. The van der Waals surface area contributed by atoms with E-state index in [0.717, 1.165) is 0 Å². The molecule has 1 aromatic rings. The summed E-state index contributed by atoms with van der Waals surface area (Å²) in [7, 11) is 1.35. The molecule has 1 heterocycles. The van der Waals surface area contributed by atoms with Gasteiger partial charge in [-0.25, -0.2) is 4.39 Å². The predicted molar refractivity (Wildman–Crippen MR) is 33.3 cm³/mol. The van der Waals surface area contributed by atoms with E-state index >= 15 is 0 Å². The second-order valence-corrected chi connectivity index (χ2v) is 1.84. The van der Waals surface area contributed by atoms with Crippen molar-refractivity contribution in [1.29, 1.82) is 0 Å². The number of rotatable bonds is 1. The summed E-state index contributed by atoms with van der Waals surface area (Å²) in [6, 6.07) is 1.27. The zero-order valence-electron chi connectivity index (χ0n) is 5.76. The first-order chi connectivity index (χ1) is 4.74. The number of halogens is 1. The van der Waals surface area contributed by atoms with Crippen LogP contribution in [0.4, 0.5) is 4.39 Å². The average molecular weight is 142 g/mol. The molecule has 0 saturated heterocycles. The fraction of sp³-hybridized carbons (Fsp3) is 0.333. The van der Waals surface area contributed by atoms with Crippen LogP contribution >= 0.6 is 0 Å². The Morgan fingerprint density at radius 1 is 1.50 bits per heavy atom. The largest absolute Gasteiger partial charge is 0.478 e. The van der Waals surface area contributed by atoms with Crippen LogP contribution in [0.2, 0.25) is 0 Å². The van der Waals surface area contributed by atoms with Crippen molar-refractivity contribution < 1.29 is 9.13 Å². The van der Waals surface area contributed by atoms with Crippen molar-refractivity contribution in [3.63, 3.8) is 0 Å². The SMILES string of the molecule is COc1nnc(C)cc1F. The zero-order valence-corrected chi connectivity index (χ0v) is 5.76. The van der Waals surface area contributed by atoms with E-state index in [4.69, 9.17) is 0 Å². The number of methoxy groups -OCH3 is 1. The number of hydrogen-bond donors (Lipinski definition) is 0. The lowest BCUT2D eigenvalue weighted by molar-refractivity contribution is 0.362. The minimum atomic E-state index is -0.477. The van der Waals surface area contributed by atoms with Gasteiger partial charge >= 0.3 is 0 Å². The molecule has 0 bridgehead atoms. The first-order valence-corrected chi connectivity index (χ1v) is 2.78.